The van der Waals surface area contributed by atoms with Gasteiger partial charge in [-0.1, -0.05) is 11.8 Å². The van der Waals surface area contributed by atoms with Crippen LogP contribution >= 0.6 is 0 Å². The Bertz CT molecular complexity index is 1330. The summed E-state index contributed by atoms with van der Waals surface area (Å²) < 4.78 is 29.0. The summed E-state index contributed by atoms with van der Waals surface area (Å²) in [6, 6.07) is 1.90. The number of amides is 2. The van der Waals surface area contributed by atoms with Crippen LogP contribution in [0.25, 0.3) is 0 Å². The maximum atomic E-state index is 12.8. The summed E-state index contributed by atoms with van der Waals surface area (Å²) in [4.78, 5) is 39.5. The van der Waals surface area contributed by atoms with Crippen molar-refractivity contribution in [3.05, 3.63) is 23.5 Å². The molecule has 0 bridgehead atoms. The van der Waals surface area contributed by atoms with Crippen LogP contribution in [0.2, 0.25) is 0 Å². The van der Waals surface area contributed by atoms with Crippen molar-refractivity contribution in [1.82, 2.24) is 19.8 Å². The van der Waals surface area contributed by atoms with E-state index in [2.05, 4.69) is 28.6 Å². The average Bonchev–Trinajstić information content (AvgIpc) is 3.30. The first kappa shape index (κ1) is 26.7. The Balaban J connectivity index is 1.26. The van der Waals surface area contributed by atoms with Gasteiger partial charge in [-0.15, -0.1) is 0 Å². The molecular formula is C25H30N4O7S. The quantitative estimate of drug-likeness (QED) is 0.223. The van der Waals surface area contributed by atoms with Crippen molar-refractivity contribution in [1.29, 1.82) is 0 Å². The first-order valence-electron chi connectivity index (χ1n) is 12.0. The third-order valence-corrected chi connectivity index (χ3v) is 9.39. The van der Waals surface area contributed by atoms with Gasteiger partial charge in [-0.05, 0) is 31.3 Å². The van der Waals surface area contributed by atoms with E-state index >= 15 is 0 Å². The SMILES string of the molecule is CC(=O)O[C@H]1C[C@H](N2CC(C#CC#Cc3cc4n(c3)C(=O)N(CCC(C)(C(=O)NO)S(C)(=O)=O)C4)C2)C1. The number of nitrogens with zero attached hydrogens (tertiary/aromatic N) is 3. The number of hydrogen-bond acceptors (Lipinski definition) is 8. The van der Waals surface area contributed by atoms with Gasteiger partial charge in [0.05, 0.1) is 6.54 Å². The van der Waals surface area contributed by atoms with Gasteiger partial charge in [-0.25, -0.2) is 18.7 Å². The largest absolute Gasteiger partial charge is 0.462 e. The normalized spacial score (nSPS) is 22.8. The predicted octanol–water partition coefficient (Wildman–Crippen LogP) is 0.351. The predicted molar refractivity (Wildman–Crippen MR) is 132 cm³/mol. The molecule has 0 spiro atoms. The van der Waals surface area contributed by atoms with Gasteiger partial charge in [0, 0.05) is 75.1 Å². The second-order valence-electron chi connectivity index (χ2n) is 10.0. The fourth-order valence-corrected chi connectivity index (χ4v) is 5.56. The molecule has 198 valence electrons. The fourth-order valence-electron chi connectivity index (χ4n) is 4.71. The minimum atomic E-state index is -3.84. The zero-order chi connectivity index (χ0) is 27.0. The molecule has 0 radical (unpaired) electrons. The molecule has 2 N–H and O–H groups in total. The van der Waals surface area contributed by atoms with E-state index in [1.807, 2.05) is 0 Å². The Hall–Kier alpha value is -3.32. The van der Waals surface area contributed by atoms with E-state index in [1.165, 1.54) is 28.8 Å². The summed E-state index contributed by atoms with van der Waals surface area (Å²) in [6.45, 7) is 4.70. The molecule has 3 heterocycles. The molecule has 0 aromatic carbocycles. The zero-order valence-corrected chi connectivity index (χ0v) is 21.8. The van der Waals surface area contributed by atoms with Crippen LogP contribution in [0.1, 0.15) is 44.4 Å². The van der Waals surface area contributed by atoms with Crippen LogP contribution in [0.3, 0.4) is 0 Å². The van der Waals surface area contributed by atoms with Gasteiger partial charge >= 0.3 is 12.0 Å². The molecule has 1 saturated heterocycles. The lowest BCUT2D eigenvalue weighted by molar-refractivity contribution is -0.155. The van der Waals surface area contributed by atoms with E-state index in [1.54, 1.807) is 12.3 Å². The van der Waals surface area contributed by atoms with E-state index < -0.39 is 20.5 Å². The molecular weight excluding hydrogens is 500 g/mol. The second kappa shape index (κ2) is 10.2. The Labute approximate surface area is 216 Å². The summed E-state index contributed by atoms with van der Waals surface area (Å²) in [5.41, 5.74) is 2.76. The smallest absolute Gasteiger partial charge is 0.328 e. The molecule has 1 aromatic heterocycles. The monoisotopic (exact) mass is 530 g/mol. The van der Waals surface area contributed by atoms with E-state index in [0.29, 0.717) is 17.3 Å². The lowest BCUT2D eigenvalue weighted by Crippen LogP contribution is -2.57. The number of hydrogen-bond donors (Lipinski definition) is 2. The zero-order valence-electron chi connectivity index (χ0n) is 21.0. The molecule has 1 aromatic rings. The highest BCUT2D eigenvalue weighted by molar-refractivity contribution is 7.92. The van der Waals surface area contributed by atoms with Gasteiger partial charge in [0.25, 0.3) is 5.91 Å². The highest BCUT2D eigenvalue weighted by atomic mass is 32.2. The van der Waals surface area contributed by atoms with Crippen molar-refractivity contribution in [2.24, 2.45) is 5.92 Å². The van der Waals surface area contributed by atoms with Crippen molar-refractivity contribution < 1.29 is 32.7 Å². The molecule has 1 unspecified atom stereocenters. The maximum Gasteiger partial charge on any atom is 0.328 e. The third kappa shape index (κ3) is 5.52. The maximum absolute atomic E-state index is 12.8. The molecule has 3 aliphatic rings. The van der Waals surface area contributed by atoms with E-state index in [4.69, 9.17) is 9.94 Å². The number of carbonyl (C=O) groups excluding carboxylic acids is 3. The number of carbonyl (C=O) groups is 3. The number of sulfone groups is 1. The van der Waals surface area contributed by atoms with Crippen molar-refractivity contribution in [3.8, 4) is 23.7 Å². The molecule has 1 atom stereocenters. The first-order valence-corrected chi connectivity index (χ1v) is 13.9. The molecule has 37 heavy (non-hydrogen) atoms. The van der Waals surface area contributed by atoms with Crippen LogP contribution in [0.15, 0.2) is 12.3 Å². The summed E-state index contributed by atoms with van der Waals surface area (Å²) >= 11 is 0. The van der Waals surface area contributed by atoms with E-state index in [0.717, 1.165) is 32.2 Å². The van der Waals surface area contributed by atoms with Gasteiger partial charge in [-0.3, -0.25) is 24.3 Å². The summed E-state index contributed by atoms with van der Waals surface area (Å²) in [7, 11) is -3.84. The Morgan fingerprint density at radius 2 is 1.97 bits per heavy atom. The van der Waals surface area contributed by atoms with Crippen molar-refractivity contribution in [3.63, 3.8) is 0 Å². The van der Waals surface area contributed by atoms with E-state index in [-0.39, 0.29) is 43.5 Å². The molecule has 2 aliphatic heterocycles. The molecule has 4 rings (SSSR count). The number of ether oxygens (including phenoxy) is 1. The minimum Gasteiger partial charge on any atom is -0.462 e. The lowest BCUT2D eigenvalue weighted by Gasteiger charge is -2.48. The topological polar surface area (TPSA) is 138 Å². The Morgan fingerprint density at radius 3 is 2.57 bits per heavy atom. The van der Waals surface area contributed by atoms with Crippen molar-refractivity contribution in [2.75, 3.05) is 25.9 Å². The third-order valence-electron chi connectivity index (χ3n) is 7.36. The summed E-state index contributed by atoms with van der Waals surface area (Å²) in [5, 5.41) is 8.95. The summed E-state index contributed by atoms with van der Waals surface area (Å²) in [5.74, 6) is 10.8. The fraction of sp³-hybridized carbons (Fsp3) is 0.560. The van der Waals surface area contributed by atoms with Crippen LogP contribution in [0, 0.1) is 29.6 Å². The number of esters is 1. The molecule has 2 fully saturated rings. The van der Waals surface area contributed by atoms with Gasteiger partial charge in [0.2, 0.25) is 0 Å². The first-order chi connectivity index (χ1) is 17.4. The number of fused-ring (bicyclic) bond motifs is 1. The molecule has 1 aliphatic carbocycles. The summed E-state index contributed by atoms with van der Waals surface area (Å²) in [6.07, 6.45) is 4.17. The number of hydroxylamine groups is 1. The van der Waals surface area contributed by atoms with Crippen molar-refractivity contribution >= 4 is 27.7 Å². The van der Waals surface area contributed by atoms with Crippen LogP contribution < -0.4 is 5.48 Å². The number of nitrogens with one attached hydrogen (secondary N) is 1. The molecule has 12 heteroatoms. The van der Waals surface area contributed by atoms with Crippen LogP contribution in [-0.4, -0.2) is 88.7 Å². The molecule has 1 saturated carbocycles. The van der Waals surface area contributed by atoms with Crippen molar-refractivity contribution in [2.45, 2.75) is 56.5 Å². The second-order valence-corrected chi connectivity index (χ2v) is 12.5. The van der Waals surface area contributed by atoms with Gasteiger partial charge in [-0.2, -0.15) is 0 Å². The van der Waals surface area contributed by atoms with Crippen LogP contribution in [0.5, 0.6) is 0 Å². The van der Waals surface area contributed by atoms with E-state index in [9.17, 15) is 22.8 Å². The Morgan fingerprint density at radius 1 is 1.27 bits per heavy atom. The minimum absolute atomic E-state index is 0.0215. The Kier molecular flexibility index (Phi) is 7.38. The number of likely N-dealkylation sites (tertiary alicyclic amines) is 1. The molecule has 11 nitrogen and oxygen atoms in total. The number of aromatic nitrogens is 1. The van der Waals surface area contributed by atoms with Crippen LogP contribution in [0.4, 0.5) is 4.79 Å². The lowest BCUT2D eigenvalue weighted by atomic mass is 9.84. The highest BCUT2D eigenvalue weighted by Crippen LogP contribution is 2.33. The van der Waals surface area contributed by atoms with Crippen LogP contribution in [-0.2, 0) is 30.7 Å². The average molecular weight is 531 g/mol. The van der Waals surface area contributed by atoms with Gasteiger partial charge in [0.15, 0.2) is 14.6 Å². The molecule has 2 amide bonds. The van der Waals surface area contributed by atoms with Gasteiger partial charge < -0.3 is 9.64 Å². The van der Waals surface area contributed by atoms with Gasteiger partial charge in [0.1, 0.15) is 6.10 Å². The number of rotatable bonds is 7. The standard InChI is InChI=1S/C25H30N4O7S/c1-17(30)36-22-11-20(12-22)28-13-19(14-28)7-5-4-6-18-10-21-16-27(24(32)29(21)15-18)9-8-25(2,23(31)26-33)37(3,34)35/h10,15,19-20,22,33H,8-9,11-14,16H2,1-3H3,(H,26,31)/t20-,22-,25?. The highest BCUT2D eigenvalue weighted by Gasteiger charge is 2.44.